The summed E-state index contributed by atoms with van der Waals surface area (Å²) in [5.41, 5.74) is 0.759. The Kier molecular flexibility index (Phi) is 15.0. The summed E-state index contributed by atoms with van der Waals surface area (Å²) in [6, 6.07) is 10.7. The topological polar surface area (TPSA) is 86.7 Å². The molecule has 1 N–H and O–H groups in total. The Morgan fingerprint density at radius 1 is 0.788 bits per heavy atom. The standard InChI is InChI=1S/C26H38O5S.Na/c1-2-3-4-5-6-7-8-9-10-11-12-13-17-22-18-16-19-23(27)26(22)31-24-20-14-15-21-25(24)32(28,29)30;/h14-16,18-21,27H,2-13,17H2,1H3,(H,28,29,30);/q;+1/p-1. The van der Waals surface area contributed by atoms with Gasteiger partial charge in [-0.05, 0) is 30.5 Å². The van der Waals surface area contributed by atoms with Gasteiger partial charge in [-0.15, -0.1) is 0 Å². The molecule has 0 saturated heterocycles. The number of hydrogen-bond donors (Lipinski definition) is 1. The fourth-order valence-corrected chi connectivity index (χ4v) is 4.50. The van der Waals surface area contributed by atoms with E-state index in [0.29, 0.717) is 6.42 Å². The summed E-state index contributed by atoms with van der Waals surface area (Å²) in [6.45, 7) is 2.24. The van der Waals surface area contributed by atoms with Crippen LogP contribution in [0.2, 0.25) is 0 Å². The molecule has 7 heteroatoms. The fourth-order valence-electron chi connectivity index (χ4n) is 3.89. The third-order valence-corrected chi connectivity index (χ3v) is 6.59. The van der Waals surface area contributed by atoms with Crippen LogP contribution in [-0.2, 0) is 16.5 Å². The normalized spacial score (nSPS) is 11.2. The number of unbranched alkanes of at least 4 members (excludes halogenated alkanes) is 11. The zero-order valence-corrected chi connectivity index (χ0v) is 23.0. The van der Waals surface area contributed by atoms with E-state index >= 15 is 0 Å². The van der Waals surface area contributed by atoms with Crippen molar-refractivity contribution >= 4 is 10.1 Å². The van der Waals surface area contributed by atoms with Gasteiger partial charge in [-0.2, -0.15) is 8.42 Å². The van der Waals surface area contributed by atoms with E-state index in [9.17, 15) is 18.1 Å². The van der Waals surface area contributed by atoms with Crippen molar-refractivity contribution in [1.29, 1.82) is 0 Å². The molecule has 178 valence electrons. The van der Waals surface area contributed by atoms with Crippen LogP contribution in [-0.4, -0.2) is 13.0 Å². The average Bonchev–Trinajstić information content (AvgIpc) is 2.76. The van der Waals surface area contributed by atoms with Gasteiger partial charge in [0.25, 0.3) is 10.1 Å². The Morgan fingerprint density at radius 2 is 1.33 bits per heavy atom. The molecule has 0 atom stereocenters. The van der Waals surface area contributed by atoms with Crippen molar-refractivity contribution in [2.75, 3.05) is 0 Å². The summed E-state index contributed by atoms with van der Waals surface area (Å²) < 4.78 is 38.3. The second kappa shape index (κ2) is 16.6. The van der Waals surface area contributed by atoms with Crippen LogP contribution < -0.4 is 39.4 Å². The van der Waals surface area contributed by atoms with E-state index in [1.54, 1.807) is 12.1 Å². The van der Waals surface area contributed by atoms with E-state index in [-0.39, 0.29) is 51.7 Å². The molecule has 0 fully saturated rings. The molecule has 0 amide bonds. The molecule has 0 aliphatic heterocycles. The number of ether oxygens (including phenoxy) is 1. The molecule has 2 rings (SSSR count). The molecule has 0 unspecified atom stereocenters. The first-order valence-corrected chi connectivity index (χ1v) is 13.4. The van der Waals surface area contributed by atoms with Gasteiger partial charge in [0.05, 0.1) is 0 Å². The van der Waals surface area contributed by atoms with Gasteiger partial charge in [-0.1, -0.05) is 114 Å². The van der Waals surface area contributed by atoms with E-state index in [1.165, 1.54) is 88.5 Å². The van der Waals surface area contributed by atoms with Crippen molar-refractivity contribution in [1.82, 2.24) is 0 Å². The zero-order valence-electron chi connectivity index (χ0n) is 20.2. The number of aryl methyl sites for hydroxylation is 1. The van der Waals surface area contributed by atoms with Gasteiger partial charge in [0.15, 0.2) is 0 Å². The molecule has 5 nitrogen and oxygen atoms in total. The molecule has 2 aromatic carbocycles. The monoisotopic (exact) mass is 484 g/mol. The number of hydrogen-bond acceptors (Lipinski definition) is 4. The third-order valence-electron chi connectivity index (χ3n) is 5.70. The molecule has 0 radical (unpaired) electrons. The summed E-state index contributed by atoms with van der Waals surface area (Å²) >= 11 is 0. The maximum absolute atomic E-state index is 12.4. The quantitative estimate of drug-likeness (QED) is 0.221. The minimum atomic E-state index is -4.45. The second-order valence-corrected chi connectivity index (χ2v) is 9.80. The fraction of sp³-hybridized carbons (Fsp3) is 0.538. The molecule has 0 bridgehead atoms. The van der Waals surface area contributed by atoms with E-state index in [1.807, 2.05) is 6.07 Å². The Hall–Kier alpha value is -1.05. The first-order valence-electron chi connectivity index (χ1n) is 12.0. The molecule has 0 aliphatic carbocycles. The second-order valence-electron chi connectivity index (χ2n) is 8.41. The van der Waals surface area contributed by atoms with Crippen LogP contribution in [0.5, 0.6) is 17.2 Å². The number of rotatable bonds is 16. The van der Waals surface area contributed by atoms with E-state index in [0.717, 1.165) is 18.4 Å². The van der Waals surface area contributed by atoms with Gasteiger partial charge in [-0.25, -0.2) is 0 Å². The van der Waals surface area contributed by atoms with E-state index in [4.69, 9.17) is 4.74 Å². The Labute approximate surface area is 222 Å². The predicted octanol–water partition coefficient (Wildman–Crippen LogP) is 4.05. The Morgan fingerprint density at radius 3 is 1.91 bits per heavy atom. The van der Waals surface area contributed by atoms with Crippen LogP contribution in [0, 0.1) is 0 Å². The van der Waals surface area contributed by atoms with Crippen molar-refractivity contribution in [2.24, 2.45) is 0 Å². The molecular formula is C26H37NaO5S. The first-order chi connectivity index (χ1) is 15.4. The smallest absolute Gasteiger partial charge is 0.870 e. The van der Waals surface area contributed by atoms with Crippen molar-refractivity contribution in [3.8, 4) is 17.2 Å². The molecule has 0 heterocycles. The third kappa shape index (κ3) is 11.3. The van der Waals surface area contributed by atoms with Crippen LogP contribution in [0.3, 0.4) is 0 Å². The van der Waals surface area contributed by atoms with Gasteiger partial charge >= 0.3 is 29.6 Å². The van der Waals surface area contributed by atoms with Crippen LogP contribution in [0.25, 0.3) is 0 Å². The molecule has 0 aromatic heterocycles. The van der Waals surface area contributed by atoms with Gasteiger partial charge in [-0.3, -0.25) is 4.55 Å². The summed E-state index contributed by atoms with van der Waals surface area (Å²) in [5.74, 6) is -0.215. The maximum atomic E-state index is 12.4. The maximum Gasteiger partial charge on any atom is 1.00 e. The van der Waals surface area contributed by atoms with E-state index < -0.39 is 10.1 Å². The Balaban J connectivity index is 0.00000544. The van der Waals surface area contributed by atoms with Crippen LogP contribution in [0.4, 0.5) is 0 Å². The van der Waals surface area contributed by atoms with Gasteiger partial charge in [0.2, 0.25) is 0 Å². The Bertz CT molecular complexity index is 915. The summed E-state index contributed by atoms with van der Waals surface area (Å²) in [5, 5.41) is 12.4. The SMILES string of the molecule is CCCCCCCCCCCCCCc1cccc([O-])c1Oc1ccccc1S(=O)(=O)O.[Na+]. The zero-order chi connectivity index (χ0) is 23.2. The minimum absolute atomic E-state index is 0. The van der Waals surface area contributed by atoms with Gasteiger partial charge < -0.3 is 9.84 Å². The van der Waals surface area contributed by atoms with E-state index in [2.05, 4.69) is 6.92 Å². The van der Waals surface area contributed by atoms with Crippen LogP contribution >= 0.6 is 0 Å². The van der Waals surface area contributed by atoms with Crippen molar-refractivity contribution in [3.63, 3.8) is 0 Å². The average molecular weight is 485 g/mol. The largest absolute Gasteiger partial charge is 1.00 e. The molecule has 2 aromatic rings. The predicted molar refractivity (Wildman–Crippen MR) is 127 cm³/mol. The minimum Gasteiger partial charge on any atom is -0.870 e. The summed E-state index contributed by atoms with van der Waals surface area (Å²) in [4.78, 5) is -0.348. The summed E-state index contributed by atoms with van der Waals surface area (Å²) in [7, 11) is -4.45. The molecule has 33 heavy (non-hydrogen) atoms. The molecular weight excluding hydrogens is 447 g/mol. The van der Waals surface area contributed by atoms with Crippen LogP contribution in [0.1, 0.15) is 89.5 Å². The number of benzene rings is 2. The number of para-hydroxylation sites is 2. The van der Waals surface area contributed by atoms with Crippen LogP contribution in [0.15, 0.2) is 47.4 Å². The first kappa shape index (κ1) is 30.0. The van der Waals surface area contributed by atoms with Crippen molar-refractivity contribution in [2.45, 2.75) is 95.3 Å². The molecule has 0 saturated carbocycles. The molecule has 0 spiro atoms. The summed E-state index contributed by atoms with van der Waals surface area (Å²) in [6.07, 6.45) is 15.8. The van der Waals surface area contributed by atoms with Gasteiger partial charge in [0.1, 0.15) is 16.4 Å². The molecule has 0 aliphatic rings. The van der Waals surface area contributed by atoms with Gasteiger partial charge in [0, 0.05) is 0 Å². The van der Waals surface area contributed by atoms with Crippen molar-refractivity contribution in [3.05, 3.63) is 48.0 Å². The van der Waals surface area contributed by atoms with Crippen molar-refractivity contribution < 1.29 is 52.4 Å².